The van der Waals surface area contributed by atoms with E-state index in [1.807, 2.05) is 0 Å². The highest BCUT2D eigenvalue weighted by atomic mass is 15.1. The molecule has 0 saturated heterocycles. The average Bonchev–Trinajstić information content (AvgIpc) is 2.21. The first kappa shape index (κ1) is 14.0. The van der Waals surface area contributed by atoms with E-state index in [1.54, 1.807) is 0 Å². The summed E-state index contributed by atoms with van der Waals surface area (Å²) in [6, 6.07) is 0. The Morgan fingerprint density at radius 3 is 2.56 bits per heavy atom. The van der Waals surface area contributed by atoms with Gasteiger partial charge in [-0.1, -0.05) is 40.5 Å². The number of hydrogen-bond acceptors (Lipinski definition) is 1. The van der Waals surface area contributed by atoms with E-state index in [9.17, 15) is 0 Å². The van der Waals surface area contributed by atoms with Crippen LogP contribution in [0.15, 0.2) is 0 Å². The Balaban J connectivity index is 2.38. The molecule has 0 aliphatic heterocycles. The maximum atomic E-state index is 2.48. The molecule has 0 aromatic rings. The summed E-state index contributed by atoms with van der Waals surface area (Å²) < 4.78 is 0. The fourth-order valence-electron chi connectivity index (χ4n) is 3.45. The molecule has 1 saturated carbocycles. The van der Waals surface area contributed by atoms with Gasteiger partial charge in [0.1, 0.15) is 0 Å². The van der Waals surface area contributed by atoms with Gasteiger partial charge in [0.2, 0.25) is 0 Å². The van der Waals surface area contributed by atoms with Gasteiger partial charge in [-0.25, -0.2) is 0 Å². The monoisotopic (exact) mass is 225 g/mol. The number of rotatable bonds is 5. The van der Waals surface area contributed by atoms with Crippen molar-refractivity contribution >= 4 is 0 Å². The van der Waals surface area contributed by atoms with Crippen LogP contribution in [0.3, 0.4) is 0 Å². The van der Waals surface area contributed by atoms with Crippen LogP contribution in [-0.2, 0) is 0 Å². The molecule has 0 aromatic carbocycles. The topological polar surface area (TPSA) is 3.24 Å². The molecule has 0 aromatic heterocycles. The lowest BCUT2D eigenvalue weighted by atomic mass is 9.63. The van der Waals surface area contributed by atoms with Crippen molar-refractivity contribution in [2.24, 2.45) is 17.3 Å². The molecule has 0 amide bonds. The lowest BCUT2D eigenvalue weighted by molar-refractivity contribution is 0.0724. The molecule has 0 spiro atoms. The second-order valence-corrected chi connectivity index (χ2v) is 6.50. The van der Waals surface area contributed by atoms with E-state index in [0.29, 0.717) is 5.41 Å². The molecule has 1 rings (SSSR count). The van der Waals surface area contributed by atoms with E-state index < -0.39 is 0 Å². The highest BCUT2D eigenvalue weighted by molar-refractivity contribution is 4.86. The quantitative estimate of drug-likeness (QED) is 0.678. The summed E-state index contributed by atoms with van der Waals surface area (Å²) in [6.45, 7) is 12.1. The van der Waals surface area contributed by atoms with Gasteiger partial charge in [0.15, 0.2) is 0 Å². The maximum Gasteiger partial charge on any atom is -0.00218 e. The van der Waals surface area contributed by atoms with E-state index in [-0.39, 0.29) is 0 Å². The lowest BCUT2D eigenvalue weighted by Crippen LogP contribution is -2.34. The zero-order valence-electron chi connectivity index (χ0n) is 12.1. The van der Waals surface area contributed by atoms with Crippen molar-refractivity contribution in [3.05, 3.63) is 0 Å². The van der Waals surface area contributed by atoms with E-state index in [1.165, 1.54) is 45.2 Å². The highest BCUT2D eigenvalue weighted by Crippen LogP contribution is 2.45. The van der Waals surface area contributed by atoms with Gasteiger partial charge >= 0.3 is 0 Å². The minimum Gasteiger partial charge on any atom is -0.307 e. The van der Waals surface area contributed by atoms with Crippen LogP contribution in [-0.4, -0.2) is 25.0 Å². The van der Waals surface area contributed by atoms with Crippen LogP contribution in [0.5, 0.6) is 0 Å². The van der Waals surface area contributed by atoms with E-state index in [4.69, 9.17) is 0 Å². The van der Waals surface area contributed by atoms with Crippen molar-refractivity contribution in [1.82, 2.24) is 4.90 Å². The Bertz CT molecular complexity index is 198. The fraction of sp³-hybridized carbons (Fsp3) is 1.00. The zero-order valence-corrected chi connectivity index (χ0v) is 12.1. The molecule has 1 aliphatic carbocycles. The summed E-state index contributed by atoms with van der Waals surface area (Å²) >= 11 is 0. The fourth-order valence-corrected chi connectivity index (χ4v) is 3.45. The summed E-state index contributed by atoms with van der Waals surface area (Å²) in [6.07, 6.45) is 7.14. The number of nitrogens with zero attached hydrogens (tertiary/aromatic N) is 1. The zero-order chi connectivity index (χ0) is 12.2. The maximum absolute atomic E-state index is 2.48. The van der Waals surface area contributed by atoms with E-state index >= 15 is 0 Å². The van der Waals surface area contributed by atoms with Crippen LogP contribution in [0.2, 0.25) is 0 Å². The minimum absolute atomic E-state index is 0.586. The van der Waals surface area contributed by atoms with Crippen molar-refractivity contribution in [1.29, 1.82) is 0 Å². The summed E-state index contributed by atoms with van der Waals surface area (Å²) in [5, 5.41) is 0. The third-order valence-electron chi connectivity index (χ3n) is 4.77. The third kappa shape index (κ3) is 3.76. The summed E-state index contributed by atoms with van der Waals surface area (Å²) in [5.41, 5.74) is 0.586. The van der Waals surface area contributed by atoms with Crippen LogP contribution in [0, 0.1) is 17.3 Å². The normalized spacial score (nSPS) is 29.6. The predicted octanol–water partition coefficient (Wildman–Crippen LogP) is 4.18. The Hall–Kier alpha value is -0.0400. The molecular weight excluding hydrogens is 194 g/mol. The second-order valence-electron chi connectivity index (χ2n) is 6.50. The molecule has 0 heterocycles. The van der Waals surface area contributed by atoms with Gasteiger partial charge in [0.05, 0.1) is 0 Å². The molecule has 16 heavy (non-hydrogen) atoms. The number of hydrogen-bond donors (Lipinski definition) is 0. The van der Waals surface area contributed by atoms with Crippen molar-refractivity contribution in [2.45, 2.75) is 59.8 Å². The Morgan fingerprint density at radius 2 is 2.00 bits per heavy atom. The average molecular weight is 225 g/mol. The largest absolute Gasteiger partial charge is 0.307 e. The summed E-state index contributed by atoms with van der Waals surface area (Å²) in [5.74, 6) is 1.89. The first-order valence-electron chi connectivity index (χ1n) is 7.16. The molecule has 96 valence electrons. The van der Waals surface area contributed by atoms with Crippen LogP contribution < -0.4 is 0 Å². The predicted molar refractivity (Wildman–Crippen MR) is 72.7 cm³/mol. The van der Waals surface area contributed by atoms with Gasteiger partial charge in [-0.2, -0.15) is 0 Å². The standard InChI is InChI=1S/C15H31N/c1-6-16(5)12-8-10-14-13(2)9-7-11-15(14,3)4/h13-14H,6-12H2,1-5H3. The van der Waals surface area contributed by atoms with Crippen LogP contribution >= 0.6 is 0 Å². The molecule has 2 unspecified atom stereocenters. The summed E-state index contributed by atoms with van der Waals surface area (Å²) in [4.78, 5) is 2.43. The lowest BCUT2D eigenvalue weighted by Gasteiger charge is -2.43. The van der Waals surface area contributed by atoms with Crippen LogP contribution in [0.4, 0.5) is 0 Å². The molecule has 1 aliphatic rings. The SMILES string of the molecule is CCN(C)CCCC1C(C)CCCC1(C)C. The van der Waals surface area contributed by atoms with Gasteiger partial charge in [0.25, 0.3) is 0 Å². The van der Waals surface area contributed by atoms with Crippen LogP contribution in [0.1, 0.15) is 59.8 Å². The highest BCUT2D eigenvalue weighted by Gasteiger charge is 2.35. The van der Waals surface area contributed by atoms with Gasteiger partial charge in [-0.15, -0.1) is 0 Å². The molecule has 0 bridgehead atoms. The van der Waals surface area contributed by atoms with Crippen LogP contribution in [0.25, 0.3) is 0 Å². The van der Waals surface area contributed by atoms with Gasteiger partial charge in [-0.3, -0.25) is 0 Å². The smallest absolute Gasteiger partial charge is 0.00218 e. The van der Waals surface area contributed by atoms with Crippen molar-refractivity contribution < 1.29 is 0 Å². The van der Waals surface area contributed by atoms with Gasteiger partial charge < -0.3 is 4.90 Å². The minimum atomic E-state index is 0.586. The molecule has 0 radical (unpaired) electrons. The second kappa shape index (κ2) is 6.05. The Kier molecular flexibility index (Phi) is 5.30. The Labute approximate surface area is 103 Å². The molecule has 1 heteroatoms. The third-order valence-corrected chi connectivity index (χ3v) is 4.77. The van der Waals surface area contributed by atoms with Gasteiger partial charge in [0, 0.05) is 0 Å². The van der Waals surface area contributed by atoms with Crippen molar-refractivity contribution in [3.63, 3.8) is 0 Å². The van der Waals surface area contributed by atoms with Crippen molar-refractivity contribution in [3.8, 4) is 0 Å². The molecular formula is C15H31N. The molecule has 1 nitrogen and oxygen atoms in total. The van der Waals surface area contributed by atoms with E-state index in [0.717, 1.165) is 11.8 Å². The summed E-state index contributed by atoms with van der Waals surface area (Å²) in [7, 11) is 2.23. The Morgan fingerprint density at radius 1 is 1.31 bits per heavy atom. The van der Waals surface area contributed by atoms with Crippen molar-refractivity contribution in [2.75, 3.05) is 20.1 Å². The van der Waals surface area contributed by atoms with Gasteiger partial charge in [-0.05, 0) is 56.7 Å². The first-order chi connectivity index (χ1) is 7.47. The van der Waals surface area contributed by atoms with E-state index in [2.05, 4.69) is 39.6 Å². The molecule has 1 fully saturated rings. The molecule has 2 atom stereocenters. The first-order valence-corrected chi connectivity index (χ1v) is 7.16. The molecule has 0 N–H and O–H groups in total.